The third kappa shape index (κ3) is 6.44. The van der Waals surface area contributed by atoms with Crippen molar-refractivity contribution in [1.82, 2.24) is 15.1 Å². The maximum Gasteiger partial charge on any atom is 0.223 e. The lowest BCUT2D eigenvalue weighted by Gasteiger charge is -2.39. The Labute approximate surface area is 185 Å². The van der Waals surface area contributed by atoms with Crippen molar-refractivity contribution >= 4 is 24.2 Å². The number of rotatable bonds is 8. The fraction of sp³-hybridized carbons (Fsp3) is 0.333. The van der Waals surface area contributed by atoms with E-state index in [2.05, 4.69) is 65.3 Å². The zero-order valence-corrected chi connectivity index (χ0v) is 18.0. The minimum atomic E-state index is -0.106. The third-order valence-electron chi connectivity index (χ3n) is 5.27. The van der Waals surface area contributed by atoms with Crippen LogP contribution in [0.25, 0.3) is 0 Å². The van der Waals surface area contributed by atoms with E-state index in [4.69, 9.17) is 0 Å². The summed E-state index contributed by atoms with van der Waals surface area (Å²) in [5.74, 6) is -0.0560. The molecule has 30 heavy (non-hydrogen) atoms. The van der Waals surface area contributed by atoms with E-state index in [1.165, 1.54) is 11.1 Å². The van der Waals surface area contributed by atoms with Gasteiger partial charge in [-0.1, -0.05) is 66.7 Å². The average Bonchev–Trinajstić information content (AvgIpc) is 2.78. The predicted octanol–water partition coefficient (Wildman–Crippen LogP) is 3.42. The van der Waals surface area contributed by atoms with Gasteiger partial charge in [0.2, 0.25) is 11.8 Å². The minimum absolute atomic E-state index is 0. The molecule has 0 atom stereocenters. The lowest BCUT2D eigenvalue weighted by Crippen LogP contribution is -2.50. The molecule has 1 fully saturated rings. The monoisotopic (exact) mass is 427 g/mol. The van der Waals surface area contributed by atoms with Crippen LogP contribution in [0.3, 0.4) is 0 Å². The number of hydrogen-bond acceptors (Lipinski definition) is 3. The Morgan fingerprint density at radius 3 is 1.93 bits per heavy atom. The van der Waals surface area contributed by atoms with Crippen molar-refractivity contribution in [2.24, 2.45) is 0 Å². The summed E-state index contributed by atoms with van der Waals surface area (Å²) < 4.78 is 0. The maximum atomic E-state index is 12.5. The number of carbonyl (C=O) groups excluding carboxylic acids is 2. The molecule has 160 valence electrons. The molecule has 2 amide bonds. The van der Waals surface area contributed by atoms with Gasteiger partial charge >= 0.3 is 0 Å². The van der Waals surface area contributed by atoms with Gasteiger partial charge in [-0.3, -0.25) is 14.5 Å². The Balaban J connectivity index is 0.00000320. The molecule has 0 aromatic heterocycles. The first-order valence-electron chi connectivity index (χ1n) is 10.2. The van der Waals surface area contributed by atoms with Gasteiger partial charge in [-0.15, -0.1) is 19.0 Å². The van der Waals surface area contributed by atoms with Crippen molar-refractivity contribution in [1.29, 1.82) is 0 Å². The Morgan fingerprint density at radius 1 is 0.900 bits per heavy atom. The molecule has 1 N–H and O–H groups in total. The number of benzene rings is 2. The summed E-state index contributed by atoms with van der Waals surface area (Å²) in [4.78, 5) is 28.5. The van der Waals surface area contributed by atoms with E-state index in [-0.39, 0.29) is 43.1 Å². The van der Waals surface area contributed by atoms with Gasteiger partial charge < -0.3 is 10.2 Å². The molecular weight excluding hydrogens is 398 g/mol. The number of piperazine rings is 1. The molecule has 5 nitrogen and oxygen atoms in total. The molecule has 3 rings (SSSR count). The van der Waals surface area contributed by atoms with E-state index in [0.717, 1.165) is 13.1 Å². The normalized spacial score (nSPS) is 14.1. The lowest BCUT2D eigenvalue weighted by molar-refractivity contribution is -0.135. The van der Waals surface area contributed by atoms with Gasteiger partial charge in [-0.05, 0) is 11.1 Å². The molecule has 6 heteroatoms. The molecule has 2 aromatic carbocycles. The van der Waals surface area contributed by atoms with Gasteiger partial charge in [-0.25, -0.2) is 0 Å². The number of amides is 2. The van der Waals surface area contributed by atoms with Crippen molar-refractivity contribution in [3.05, 3.63) is 84.4 Å². The standard InChI is InChI=1S/C24H29N3O2.ClH/c1-2-15-25-22(28)13-14-23(29)26-16-18-27(19-17-26)24(20-9-5-3-6-10-20)21-11-7-4-8-12-21;/h2-12,24H,1,13-19H2,(H,25,28);1H. The van der Waals surface area contributed by atoms with Crippen molar-refractivity contribution < 1.29 is 9.59 Å². The van der Waals surface area contributed by atoms with Crippen LogP contribution < -0.4 is 5.32 Å². The van der Waals surface area contributed by atoms with Gasteiger partial charge in [0.15, 0.2) is 0 Å². The molecule has 1 aliphatic rings. The fourth-order valence-corrected chi connectivity index (χ4v) is 3.77. The third-order valence-corrected chi connectivity index (χ3v) is 5.27. The van der Waals surface area contributed by atoms with Crippen LogP contribution in [0.5, 0.6) is 0 Å². The summed E-state index contributed by atoms with van der Waals surface area (Å²) in [5, 5.41) is 2.71. The van der Waals surface area contributed by atoms with Crippen molar-refractivity contribution in [2.75, 3.05) is 32.7 Å². The molecular formula is C24H30ClN3O2. The highest BCUT2D eigenvalue weighted by Crippen LogP contribution is 2.29. The number of nitrogens with one attached hydrogen (secondary N) is 1. The molecule has 0 aliphatic carbocycles. The van der Waals surface area contributed by atoms with E-state index >= 15 is 0 Å². The largest absolute Gasteiger partial charge is 0.353 e. The molecule has 0 unspecified atom stereocenters. The van der Waals surface area contributed by atoms with Crippen LogP contribution in [0.4, 0.5) is 0 Å². The van der Waals surface area contributed by atoms with Gasteiger partial charge in [0, 0.05) is 45.6 Å². The van der Waals surface area contributed by atoms with Crippen LogP contribution in [-0.2, 0) is 9.59 Å². The van der Waals surface area contributed by atoms with E-state index in [1.807, 2.05) is 17.0 Å². The smallest absolute Gasteiger partial charge is 0.223 e. The summed E-state index contributed by atoms with van der Waals surface area (Å²) in [7, 11) is 0. The summed E-state index contributed by atoms with van der Waals surface area (Å²) in [6.07, 6.45) is 2.11. The van der Waals surface area contributed by atoms with Crippen molar-refractivity contribution in [3.63, 3.8) is 0 Å². The van der Waals surface area contributed by atoms with Gasteiger partial charge in [0.25, 0.3) is 0 Å². The first kappa shape index (κ1) is 23.6. The molecule has 1 saturated heterocycles. The highest BCUT2D eigenvalue weighted by Gasteiger charge is 2.28. The van der Waals surface area contributed by atoms with Gasteiger partial charge in [0.1, 0.15) is 0 Å². The first-order valence-corrected chi connectivity index (χ1v) is 10.2. The second-order valence-electron chi connectivity index (χ2n) is 7.23. The second kappa shape index (κ2) is 12.2. The summed E-state index contributed by atoms with van der Waals surface area (Å²) in [5.41, 5.74) is 2.52. The molecule has 0 saturated carbocycles. The number of carbonyl (C=O) groups is 2. The van der Waals surface area contributed by atoms with Crippen LogP contribution in [0.2, 0.25) is 0 Å². The average molecular weight is 428 g/mol. The van der Waals surface area contributed by atoms with Crippen molar-refractivity contribution in [3.8, 4) is 0 Å². The van der Waals surface area contributed by atoms with Gasteiger partial charge in [0.05, 0.1) is 6.04 Å². The number of halogens is 1. The van der Waals surface area contributed by atoms with Crippen LogP contribution >= 0.6 is 12.4 Å². The van der Waals surface area contributed by atoms with E-state index in [9.17, 15) is 9.59 Å². The van der Waals surface area contributed by atoms with Gasteiger partial charge in [-0.2, -0.15) is 0 Å². The van der Waals surface area contributed by atoms with Crippen LogP contribution in [-0.4, -0.2) is 54.3 Å². The molecule has 1 heterocycles. The summed E-state index contributed by atoms with van der Waals surface area (Å²) >= 11 is 0. The zero-order chi connectivity index (χ0) is 20.5. The van der Waals surface area contributed by atoms with Crippen molar-refractivity contribution in [2.45, 2.75) is 18.9 Å². The lowest BCUT2D eigenvalue weighted by atomic mass is 9.96. The molecule has 0 radical (unpaired) electrons. The second-order valence-corrected chi connectivity index (χ2v) is 7.23. The minimum Gasteiger partial charge on any atom is -0.353 e. The predicted molar refractivity (Wildman–Crippen MR) is 123 cm³/mol. The fourth-order valence-electron chi connectivity index (χ4n) is 3.77. The SMILES string of the molecule is C=CCNC(=O)CCC(=O)N1CCN(C(c2ccccc2)c2ccccc2)CC1.Cl. The number of hydrogen-bond donors (Lipinski definition) is 1. The molecule has 2 aromatic rings. The van der Waals surface area contributed by atoms with Crippen LogP contribution in [0, 0.1) is 0 Å². The Morgan fingerprint density at radius 2 is 1.43 bits per heavy atom. The highest BCUT2D eigenvalue weighted by atomic mass is 35.5. The summed E-state index contributed by atoms with van der Waals surface area (Å²) in [6, 6.07) is 21.2. The molecule has 1 aliphatic heterocycles. The topological polar surface area (TPSA) is 52.7 Å². The van der Waals surface area contributed by atoms with E-state index in [1.54, 1.807) is 6.08 Å². The molecule has 0 spiro atoms. The Hall–Kier alpha value is -2.63. The highest BCUT2D eigenvalue weighted by molar-refractivity contribution is 5.85. The van der Waals surface area contributed by atoms with E-state index < -0.39 is 0 Å². The maximum absolute atomic E-state index is 12.5. The van der Waals surface area contributed by atoms with Crippen LogP contribution in [0.15, 0.2) is 73.3 Å². The Bertz CT molecular complexity index is 766. The quantitative estimate of drug-likeness (QED) is 0.657. The molecule has 0 bridgehead atoms. The summed E-state index contributed by atoms with van der Waals surface area (Å²) in [6.45, 7) is 6.99. The van der Waals surface area contributed by atoms with E-state index in [0.29, 0.717) is 19.6 Å². The Kier molecular flexibility index (Phi) is 9.58. The number of nitrogens with zero attached hydrogens (tertiary/aromatic N) is 2. The van der Waals surface area contributed by atoms with Crippen LogP contribution in [0.1, 0.15) is 30.0 Å². The first-order chi connectivity index (χ1) is 14.2. The zero-order valence-electron chi connectivity index (χ0n) is 17.2.